The zero-order valence-electron chi connectivity index (χ0n) is 20.7. The van der Waals surface area contributed by atoms with Gasteiger partial charge in [-0.1, -0.05) is 65.7 Å². The Morgan fingerprint density at radius 1 is 0.842 bits per heavy atom. The number of nitrogens with zero attached hydrogens (tertiary/aromatic N) is 1. The fourth-order valence-corrected chi connectivity index (χ4v) is 5.89. The molecule has 0 fully saturated rings. The van der Waals surface area contributed by atoms with Gasteiger partial charge in [0.25, 0.3) is 0 Å². The first-order chi connectivity index (χ1) is 18.5. The van der Waals surface area contributed by atoms with Crippen LogP contribution >= 0.6 is 34.5 Å². The molecule has 0 bridgehead atoms. The van der Waals surface area contributed by atoms with Crippen LogP contribution in [-0.4, -0.2) is 4.98 Å². The molecule has 0 aliphatic heterocycles. The Morgan fingerprint density at radius 3 is 2.53 bits per heavy atom. The van der Waals surface area contributed by atoms with Gasteiger partial charge in [0.15, 0.2) is 0 Å². The van der Waals surface area contributed by atoms with Crippen LogP contribution in [0.2, 0.25) is 10.0 Å². The maximum atomic E-state index is 6.28. The minimum Gasteiger partial charge on any atom is -0.489 e. The van der Waals surface area contributed by atoms with Crippen LogP contribution in [0.25, 0.3) is 31.6 Å². The minimum atomic E-state index is 0.401. The number of anilines is 1. The van der Waals surface area contributed by atoms with E-state index in [-0.39, 0.29) is 0 Å². The third-order valence-corrected chi connectivity index (χ3v) is 8.33. The number of fused-ring (bicyclic) bond motifs is 2. The summed E-state index contributed by atoms with van der Waals surface area (Å²) in [5.41, 5.74) is 6.52. The molecule has 5 aromatic carbocycles. The van der Waals surface area contributed by atoms with Crippen molar-refractivity contribution in [1.29, 1.82) is 0 Å². The van der Waals surface area contributed by atoms with Gasteiger partial charge in [0, 0.05) is 23.4 Å². The molecule has 188 valence electrons. The van der Waals surface area contributed by atoms with Crippen LogP contribution in [-0.2, 0) is 13.2 Å². The lowest BCUT2D eigenvalue weighted by Gasteiger charge is -2.16. The van der Waals surface area contributed by atoms with Crippen LogP contribution < -0.4 is 10.1 Å². The number of benzene rings is 5. The summed E-state index contributed by atoms with van der Waals surface area (Å²) in [6.45, 7) is 3.13. The van der Waals surface area contributed by atoms with E-state index in [0.717, 1.165) is 44.0 Å². The van der Waals surface area contributed by atoms with E-state index in [1.807, 2.05) is 18.2 Å². The quantitative estimate of drug-likeness (QED) is 0.213. The summed E-state index contributed by atoms with van der Waals surface area (Å²) in [5, 5.41) is 8.01. The van der Waals surface area contributed by atoms with E-state index in [1.54, 1.807) is 17.4 Å². The van der Waals surface area contributed by atoms with Gasteiger partial charge in [-0.25, -0.2) is 4.98 Å². The average Bonchev–Trinajstić information content (AvgIpc) is 3.36. The molecule has 0 spiro atoms. The molecule has 6 heteroatoms. The maximum Gasteiger partial charge on any atom is 0.125 e. The molecule has 3 nitrogen and oxygen atoms in total. The van der Waals surface area contributed by atoms with Gasteiger partial charge in [-0.05, 0) is 83.4 Å². The number of thiazole rings is 1. The van der Waals surface area contributed by atoms with Gasteiger partial charge in [-0.2, -0.15) is 0 Å². The van der Waals surface area contributed by atoms with Crippen molar-refractivity contribution >= 4 is 61.2 Å². The lowest BCUT2D eigenvalue weighted by Crippen LogP contribution is -2.05. The fraction of sp³-hybridized carbons (Fsp3) is 0.0938. The Labute approximate surface area is 235 Å². The molecule has 0 saturated carbocycles. The third-order valence-electron chi connectivity index (χ3n) is 6.52. The number of hydrogen-bond acceptors (Lipinski definition) is 4. The molecule has 0 radical (unpaired) electrons. The van der Waals surface area contributed by atoms with Crippen LogP contribution in [0.4, 0.5) is 5.69 Å². The van der Waals surface area contributed by atoms with Crippen molar-refractivity contribution < 1.29 is 4.74 Å². The third kappa shape index (κ3) is 5.21. The summed E-state index contributed by atoms with van der Waals surface area (Å²) >= 11 is 14.0. The largest absolute Gasteiger partial charge is 0.489 e. The van der Waals surface area contributed by atoms with E-state index in [9.17, 15) is 0 Å². The standard InChI is InChI=1S/C32H24Cl2N2OS/c1-20-6-14-29-31(16-20)38-32(36-29)23-8-11-24(12-9-23)35-18-26-25-5-3-2-4-22(25)10-15-30(26)37-19-21-7-13-27(33)28(34)17-21/h2-17,35H,18-19H2,1H3. The SMILES string of the molecule is Cc1ccc2nc(-c3ccc(NCc4c(OCc5ccc(Cl)c(Cl)c5)ccc5ccccc45)cc3)sc2c1. The normalized spacial score (nSPS) is 11.2. The van der Waals surface area contributed by atoms with Crippen molar-refractivity contribution in [3.05, 3.63) is 124 Å². The first kappa shape index (κ1) is 24.7. The van der Waals surface area contributed by atoms with Gasteiger partial charge in [0.05, 0.1) is 20.3 Å². The molecule has 0 aliphatic carbocycles. The zero-order chi connectivity index (χ0) is 26.1. The molecule has 6 rings (SSSR count). The summed E-state index contributed by atoms with van der Waals surface area (Å²) in [5.74, 6) is 0.837. The highest BCUT2D eigenvalue weighted by molar-refractivity contribution is 7.21. The molecular weight excluding hydrogens is 531 g/mol. The number of aromatic nitrogens is 1. The van der Waals surface area contributed by atoms with Gasteiger partial charge in [0.1, 0.15) is 17.4 Å². The second-order valence-corrected chi connectivity index (χ2v) is 11.1. The number of aryl methyl sites for hydroxylation is 1. The highest BCUT2D eigenvalue weighted by atomic mass is 35.5. The van der Waals surface area contributed by atoms with E-state index in [2.05, 4.69) is 85.0 Å². The van der Waals surface area contributed by atoms with Crippen LogP contribution in [0.15, 0.2) is 97.1 Å². The average molecular weight is 556 g/mol. The highest BCUT2D eigenvalue weighted by Gasteiger charge is 2.11. The molecule has 0 amide bonds. The van der Waals surface area contributed by atoms with Crippen molar-refractivity contribution in [2.24, 2.45) is 0 Å². The first-order valence-electron chi connectivity index (χ1n) is 12.3. The van der Waals surface area contributed by atoms with E-state index in [1.165, 1.54) is 15.6 Å². The Hall–Kier alpha value is -3.57. The Morgan fingerprint density at radius 2 is 1.68 bits per heavy atom. The van der Waals surface area contributed by atoms with Crippen LogP contribution in [0.3, 0.4) is 0 Å². The molecule has 0 unspecified atom stereocenters. The van der Waals surface area contributed by atoms with Gasteiger partial charge in [0.2, 0.25) is 0 Å². The number of rotatable bonds is 7. The van der Waals surface area contributed by atoms with Crippen LogP contribution in [0, 0.1) is 6.92 Å². The molecule has 6 aromatic rings. The Kier molecular flexibility index (Phi) is 6.94. The van der Waals surface area contributed by atoms with Crippen LogP contribution in [0.5, 0.6) is 5.75 Å². The summed E-state index contributed by atoms with van der Waals surface area (Å²) < 4.78 is 7.49. The van der Waals surface area contributed by atoms with Gasteiger partial charge >= 0.3 is 0 Å². The number of nitrogens with one attached hydrogen (secondary N) is 1. The van der Waals surface area contributed by atoms with E-state index >= 15 is 0 Å². The lowest BCUT2D eigenvalue weighted by molar-refractivity contribution is 0.304. The van der Waals surface area contributed by atoms with Gasteiger partial charge < -0.3 is 10.1 Å². The molecule has 1 heterocycles. The molecule has 1 N–H and O–H groups in total. The van der Waals surface area contributed by atoms with Gasteiger partial charge in [-0.15, -0.1) is 11.3 Å². The minimum absolute atomic E-state index is 0.401. The smallest absolute Gasteiger partial charge is 0.125 e. The molecular formula is C32H24Cl2N2OS. The predicted molar refractivity (Wildman–Crippen MR) is 162 cm³/mol. The monoisotopic (exact) mass is 554 g/mol. The van der Waals surface area contributed by atoms with Crippen molar-refractivity contribution in [2.45, 2.75) is 20.1 Å². The fourth-order valence-electron chi connectivity index (χ4n) is 4.50. The molecule has 0 aliphatic rings. The van der Waals surface area contributed by atoms with Crippen LogP contribution in [0.1, 0.15) is 16.7 Å². The van der Waals surface area contributed by atoms with Crippen molar-refractivity contribution in [2.75, 3.05) is 5.32 Å². The second-order valence-electron chi connectivity index (χ2n) is 9.22. The number of halogens is 2. The maximum absolute atomic E-state index is 6.28. The van der Waals surface area contributed by atoms with E-state index in [4.69, 9.17) is 32.9 Å². The van der Waals surface area contributed by atoms with Crippen molar-refractivity contribution in [3.8, 4) is 16.3 Å². The molecule has 38 heavy (non-hydrogen) atoms. The molecule has 1 aromatic heterocycles. The zero-order valence-corrected chi connectivity index (χ0v) is 23.0. The first-order valence-corrected chi connectivity index (χ1v) is 13.9. The summed E-state index contributed by atoms with van der Waals surface area (Å²) in [4.78, 5) is 4.81. The summed E-state index contributed by atoms with van der Waals surface area (Å²) in [6, 6.07) is 32.9. The summed E-state index contributed by atoms with van der Waals surface area (Å²) in [7, 11) is 0. The lowest BCUT2D eigenvalue weighted by atomic mass is 10.0. The van der Waals surface area contributed by atoms with E-state index in [0.29, 0.717) is 23.2 Å². The Bertz CT molecular complexity index is 1760. The van der Waals surface area contributed by atoms with Crippen molar-refractivity contribution in [3.63, 3.8) is 0 Å². The van der Waals surface area contributed by atoms with E-state index < -0.39 is 0 Å². The molecule has 0 atom stereocenters. The predicted octanol–water partition coefficient (Wildman–Crippen LogP) is 9.92. The van der Waals surface area contributed by atoms with Gasteiger partial charge in [-0.3, -0.25) is 0 Å². The van der Waals surface area contributed by atoms with Crippen molar-refractivity contribution in [1.82, 2.24) is 4.98 Å². The Balaban J connectivity index is 1.22. The summed E-state index contributed by atoms with van der Waals surface area (Å²) in [6.07, 6.45) is 0. The topological polar surface area (TPSA) is 34.2 Å². The number of hydrogen-bond donors (Lipinski definition) is 1. The second kappa shape index (κ2) is 10.7. The highest BCUT2D eigenvalue weighted by Crippen LogP contribution is 2.33. The molecule has 0 saturated heterocycles. The number of ether oxygens (including phenoxy) is 1.